The second kappa shape index (κ2) is 6.65. The summed E-state index contributed by atoms with van der Waals surface area (Å²) in [5.74, 6) is -0.455. The molecular formula is C14H18N2O3S. The molecule has 1 aliphatic carbocycles. The lowest BCUT2D eigenvalue weighted by Crippen LogP contribution is -2.11. The van der Waals surface area contributed by atoms with Crippen LogP contribution >= 0.6 is 11.3 Å². The molecule has 6 heteroatoms. The van der Waals surface area contributed by atoms with Gasteiger partial charge in [-0.2, -0.15) is 5.10 Å². The second-order valence-electron chi connectivity index (χ2n) is 4.62. The fraction of sp³-hybridized carbons (Fsp3) is 0.500. The molecule has 0 saturated carbocycles. The first-order valence-corrected chi connectivity index (χ1v) is 7.56. The monoisotopic (exact) mass is 294 g/mol. The van der Waals surface area contributed by atoms with Crippen LogP contribution in [0.1, 0.15) is 47.5 Å². The highest BCUT2D eigenvalue weighted by Crippen LogP contribution is 2.38. The van der Waals surface area contributed by atoms with Crippen LogP contribution in [0.5, 0.6) is 0 Å². The third-order valence-corrected chi connectivity index (χ3v) is 4.26. The Labute approximate surface area is 122 Å². The highest BCUT2D eigenvalue weighted by Gasteiger charge is 2.26. The van der Waals surface area contributed by atoms with Gasteiger partial charge in [0.2, 0.25) is 0 Å². The highest BCUT2D eigenvalue weighted by molar-refractivity contribution is 7.16. The number of carbonyl (C=O) groups excluding carboxylic acids is 2. The van der Waals surface area contributed by atoms with Crippen molar-refractivity contribution in [2.24, 2.45) is 5.10 Å². The number of hydrogen-bond acceptors (Lipinski definition) is 6. The zero-order valence-corrected chi connectivity index (χ0v) is 12.5. The molecular weight excluding hydrogens is 276 g/mol. The number of ether oxygens (including phenoxy) is 1. The van der Waals surface area contributed by atoms with Crippen LogP contribution in [0.15, 0.2) is 5.10 Å². The first-order chi connectivity index (χ1) is 9.63. The van der Waals surface area contributed by atoms with Gasteiger partial charge < -0.3 is 4.74 Å². The molecule has 1 N–H and O–H groups in total. The van der Waals surface area contributed by atoms with Gasteiger partial charge in [0, 0.05) is 11.8 Å². The Bertz CT molecular complexity index is 549. The molecule has 1 heterocycles. The summed E-state index contributed by atoms with van der Waals surface area (Å²) < 4.78 is 5.13. The normalized spacial score (nSPS) is 14.1. The van der Waals surface area contributed by atoms with Crippen LogP contribution in [0.2, 0.25) is 0 Å². The van der Waals surface area contributed by atoms with Crippen molar-refractivity contribution in [2.45, 2.75) is 39.5 Å². The smallest absolute Gasteiger partial charge is 0.341 e. The molecule has 1 aromatic rings. The molecule has 0 amide bonds. The third-order valence-electron chi connectivity index (χ3n) is 3.06. The number of Topliss-reactive ketones (excluding diaryl/α,β-unsaturated/α-hetero) is 1. The Hall–Kier alpha value is -1.69. The van der Waals surface area contributed by atoms with Crippen molar-refractivity contribution >= 4 is 34.3 Å². The van der Waals surface area contributed by atoms with Gasteiger partial charge in [-0.3, -0.25) is 10.2 Å². The fourth-order valence-corrected chi connectivity index (χ4v) is 3.47. The number of nitrogens with one attached hydrogen (secondary N) is 1. The largest absolute Gasteiger partial charge is 0.462 e. The molecule has 0 radical (unpaired) electrons. The lowest BCUT2D eigenvalue weighted by molar-refractivity contribution is -0.110. The predicted octanol–water partition coefficient (Wildman–Crippen LogP) is 2.79. The number of hydrazone groups is 1. The van der Waals surface area contributed by atoms with Gasteiger partial charge in [0.15, 0.2) is 5.78 Å². The first kappa shape index (κ1) is 14.7. The Kier molecular flexibility index (Phi) is 4.89. The van der Waals surface area contributed by atoms with Gasteiger partial charge in [0.25, 0.3) is 0 Å². The maximum atomic E-state index is 12.1. The average Bonchev–Trinajstić information content (AvgIpc) is 2.76. The van der Waals surface area contributed by atoms with Gasteiger partial charge in [-0.1, -0.05) is 0 Å². The number of rotatable bonds is 5. The van der Waals surface area contributed by atoms with E-state index in [1.165, 1.54) is 29.4 Å². The van der Waals surface area contributed by atoms with E-state index >= 15 is 0 Å². The minimum absolute atomic E-state index is 0.142. The Morgan fingerprint density at radius 2 is 2.15 bits per heavy atom. The number of fused-ring (bicyclic) bond motifs is 1. The summed E-state index contributed by atoms with van der Waals surface area (Å²) in [5, 5.41) is 4.54. The van der Waals surface area contributed by atoms with Gasteiger partial charge >= 0.3 is 5.97 Å². The number of aryl methyl sites for hydroxylation is 1. The topological polar surface area (TPSA) is 67.8 Å². The summed E-state index contributed by atoms with van der Waals surface area (Å²) in [4.78, 5) is 24.2. The fourth-order valence-electron chi connectivity index (χ4n) is 2.25. The number of carbonyl (C=O) groups is 2. The third kappa shape index (κ3) is 3.25. The standard InChI is InChI=1S/C14H18N2O3S/c1-3-19-14(18)12-10-6-4-5-7-11(10)20-13(12)16-15-8-9(2)17/h8,16H,3-7H2,1-2H3. The number of ketones is 1. The molecule has 0 aliphatic heterocycles. The lowest BCUT2D eigenvalue weighted by atomic mass is 9.95. The molecule has 0 aromatic carbocycles. The average molecular weight is 294 g/mol. The maximum absolute atomic E-state index is 12.1. The van der Waals surface area contributed by atoms with Crippen molar-refractivity contribution < 1.29 is 14.3 Å². The molecule has 5 nitrogen and oxygen atoms in total. The van der Waals surface area contributed by atoms with Crippen molar-refractivity contribution in [3.8, 4) is 0 Å². The number of esters is 1. The van der Waals surface area contributed by atoms with Crippen LogP contribution in [0, 0.1) is 0 Å². The second-order valence-corrected chi connectivity index (χ2v) is 5.72. The van der Waals surface area contributed by atoms with Gasteiger partial charge in [0.1, 0.15) is 5.00 Å². The molecule has 0 spiro atoms. The molecule has 0 fully saturated rings. The summed E-state index contributed by atoms with van der Waals surface area (Å²) in [5.41, 5.74) is 4.48. The van der Waals surface area contributed by atoms with E-state index in [-0.39, 0.29) is 11.8 Å². The van der Waals surface area contributed by atoms with Gasteiger partial charge in [-0.05, 0) is 38.2 Å². The van der Waals surface area contributed by atoms with E-state index in [0.29, 0.717) is 17.2 Å². The molecule has 1 aliphatic rings. The van der Waals surface area contributed by atoms with Crippen molar-refractivity contribution in [3.63, 3.8) is 0 Å². The predicted molar refractivity (Wildman–Crippen MR) is 79.7 cm³/mol. The molecule has 0 atom stereocenters. The van der Waals surface area contributed by atoms with E-state index in [9.17, 15) is 9.59 Å². The van der Waals surface area contributed by atoms with Crippen LogP contribution in [0.25, 0.3) is 0 Å². The van der Waals surface area contributed by atoms with E-state index in [4.69, 9.17) is 4.74 Å². The van der Waals surface area contributed by atoms with E-state index in [2.05, 4.69) is 10.5 Å². The summed E-state index contributed by atoms with van der Waals surface area (Å²) >= 11 is 1.53. The quantitative estimate of drug-likeness (QED) is 0.515. The maximum Gasteiger partial charge on any atom is 0.341 e. The van der Waals surface area contributed by atoms with E-state index in [1.54, 1.807) is 6.92 Å². The summed E-state index contributed by atoms with van der Waals surface area (Å²) in [6.07, 6.45) is 5.33. The van der Waals surface area contributed by atoms with Crippen LogP contribution < -0.4 is 5.43 Å². The van der Waals surface area contributed by atoms with Crippen molar-refractivity contribution in [3.05, 3.63) is 16.0 Å². The van der Waals surface area contributed by atoms with Crippen molar-refractivity contribution in [1.29, 1.82) is 0 Å². The Morgan fingerprint density at radius 1 is 1.40 bits per heavy atom. The SMILES string of the molecule is CCOC(=O)c1c(NN=CC(C)=O)sc2c1CCCC2. The van der Waals surface area contributed by atoms with Crippen LogP contribution in [0.3, 0.4) is 0 Å². The van der Waals surface area contributed by atoms with E-state index in [0.717, 1.165) is 31.2 Å². The molecule has 0 saturated heterocycles. The summed E-state index contributed by atoms with van der Waals surface area (Å²) in [6.45, 7) is 3.56. The number of anilines is 1. The Morgan fingerprint density at radius 3 is 2.85 bits per heavy atom. The van der Waals surface area contributed by atoms with Crippen LogP contribution in [-0.2, 0) is 22.4 Å². The van der Waals surface area contributed by atoms with Crippen LogP contribution in [0.4, 0.5) is 5.00 Å². The van der Waals surface area contributed by atoms with Crippen LogP contribution in [-0.4, -0.2) is 24.6 Å². The zero-order valence-electron chi connectivity index (χ0n) is 11.7. The van der Waals surface area contributed by atoms with Gasteiger partial charge in [0.05, 0.1) is 18.4 Å². The highest BCUT2D eigenvalue weighted by atomic mass is 32.1. The van der Waals surface area contributed by atoms with Crippen molar-refractivity contribution in [2.75, 3.05) is 12.0 Å². The minimum Gasteiger partial charge on any atom is -0.462 e. The van der Waals surface area contributed by atoms with E-state index in [1.807, 2.05) is 0 Å². The number of hydrogen-bond donors (Lipinski definition) is 1. The summed E-state index contributed by atoms with van der Waals surface area (Å²) in [7, 11) is 0. The van der Waals surface area contributed by atoms with Gasteiger partial charge in [-0.25, -0.2) is 4.79 Å². The summed E-state index contributed by atoms with van der Waals surface area (Å²) in [6, 6.07) is 0. The first-order valence-electron chi connectivity index (χ1n) is 6.74. The molecule has 108 valence electrons. The lowest BCUT2D eigenvalue weighted by Gasteiger charge is -2.12. The minimum atomic E-state index is -0.313. The molecule has 20 heavy (non-hydrogen) atoms. The molecule has 0 bridgehead atoms. The molecule has 2 rings (SSSR count). The number of thiophene rings is 1. The number of nitrogens with zero attached hydrogens (tertiary/aromatic N) is 1. The van der Waals surface area contributed by atoms with Crippen molar-refractivity contribution in [1.82, 2.24) is 0 Å². The van der Waals surface area contributed by atoms with Gasteiger partial charge in [-0.15, -0.1) is 11.3 Å². The Balaban J connectivity index is 2.31. The van der Waals surface area contributed by atoms with E-state index < -0.39 is 0 Å². The molecule has 1 aromatic heterocycles. The molecule has 0 unspecified atom stereocenters. The zero-order chi connectivity index (χ0) is 14.5.